The van der Waals surface area contributed by atoms with Crippen molar-refractivity contribution < 1.29 is 14.4 Å². The van der Waals surface area contributed by atoms with Crippen LogP contribution in [0.2, 0.25) is 0 Å². The van der Waals surface area contributed by atoms with Gasteiger partial charge in [-0.2, -0.15) is 0 Å². The van der Waals surface area contributed by atoms with Crippen LogP contribution in [0.4, 0.5) is 0 Å². The SMILES string of the molecule is CNC(C)CNC(=O)CN1C(=O)c2ccc(Br)cc2C1=O. The molecule has 0 saturated heterocycles. The Morgan fingerprint density at radius 1 is 1.29 bits per heavy atom. The van der Waals surface area contributed by atoms with E-state index in [1.165, 1.54) is 0 Å². The van der Waals surface area contributed by atoms with Gasteiger partial charge < -0.3 is 10.6 Å². The van der Waals surface area contributed by atoms with Crippen molar-refractivity contribution >= 4 is 33.7 Å². The Bertz CT molecular complexity index is 603. The van der Waals surface area contributed by atoms with E-state index in [4.69, 9.17) is 0 Å². The van der Waals surface area contributed by atoms with Crippen molar-refractivity contribution in [2.45, 2.75) is 13.0 Å². The van der Waals surface area contributed by atoms with Gasteiger partial charge in [0.1, 0.15) is 6.54 Å². The standard InChI is InChI=1S/C14H16BrN3O3/c1-8(16-2)6-17-12(19)7-18-13(20)10-4-3-9(15)5-11(10)14(18)21/h3-5,8,16H,6-7H2,1-2H3,(H,17,19). The number of amides is 3. The number of imide groups is 1. The van der Waals surface area contributed by atoms with Crippen LogP contribution < -0.4 is 10.6 Å². The highest BCUT2D eigenvalue weighted by atomic mass is 79.9. The summed E-state index contributed by atoms with van der Waals surface area (Å²) in [5.74, 6) is -1.22. The molecule has 0 saturated carbocycles. The van der Waals surface area contributed by atoms with Crippen molar-refractivity contribution in [1.29, 1.82) is 0 Å². The summed E-state index contributed by atoms with van der Waals surface area (Å²) in [5.41, 5.74) is 0.658. The van der Waals surface area contributed by atoms with E-state index in [-0.39, 0.29) is 18.5 Å². The third-order valence-corrected chi connectivity index (χ3v) is 3.83. The summed E-state index contributed by atoms with van der Waals surface area (Å²) >= 11 is 3.26. The number of benzene rings is 1. The maximum Gasteiger partial charge on any atom is 0.262 e. The molecule has 0 spiro atoms. The first-order valence-electron chi connectivity index (χ1n) is 6.53. The van der Waals surface area contributed by atoms with Gasteiger partial charge in [0, 0.05) is 17.1 Å². The number of rotatable bonds is 5. The van der Waals surface area contributed by atoms with Crippen molar-refractivity contribution in [3.05, 3.63) is 33.8 Å². The zero-order chi connectivity index (χ0) is 15.6. The molecule has 0 fully saturated rings. The second-order valence-electron chi connectivity index (χ2n) is 4.88. The lowest BCUT2D eigenvalue weighted by atomic mass is 10.1. The highest BCUT2D eigenvalue weighted by molar-refractivity contribution is 9.10. The normalized spacial score (nSPS) is 15.1. The number of likely N-dealkylation sites (N-methyl/N-ethyl adjacent to an activating group) is 1. The van der Waals surface area contributed by atoms with Gasteiger partial charge in [-0.15, -0.1) is 0 Å². The predicted octanol–water partition coefficient (Wildman–Crippen LogP) is 0.769. The van der Waals surface area contributed by atoms with Crippen molar-refractivity contribution in [2.24, 2.45) is 0 Å². The largest absolute Gasteiger partial charge is 0.353 e. The number of hydrogen-bond donors (Lipinski definition) is 2. The van der Waals surface area contributed by atoms with Crippen LogP contribution >= 0.6 is 15.9 Å². The van der Waals surface area contributed by atoms with Crippen LogP contribution in [-0.2, 0) is 4.79 Å². The van der Waals surface area contributed by atoms with E-state index in [1.807, 2.05) is 6.92 Å². The Labute approximate surface area is 131 Å². The smallest absolute Gasteiger partial charge is 0.262 e. The summed E-state index contributed by atoms with van der Waals surface area (Å²) in [4.78, 5) is 37.1. The average Bonchev–Trinajstić information content (AvgIpc) is 2.69. The monoisotopic (exact) mass is 353 g/mol. The summed E-state index contributed by atoms with van der Waals surface area (Å²) in [6.07, 6.45) is 0. The molecule has 1 unspecified atom stereocenters. The van der Waals surface area contributed by atoms with Gasteiger partial charge in [0.15, 0.2) is 0 Å². The molecule has 112 valence electrons. The van der Waals surface area contributed by atoms with E-state index in [0.717, 1.165) is 9.37 Å². The molecule has 3 amide bonds. The summed E-state index contributed by atoms with van der Waals surface area (Å²) in [6, 6.07) is 4.99. The number of hydrogen-bond acceptors (Lipinski definition) is 4. The van der Waals surface area contributed by atoms with E-state index < -0.39 is 11.8 Å². The zero-order valence-corrected chi connectivity index (χ0v) is 13.4. The van der Waals surface area contributed by atoms with Gasteiger partial charge >= 0.3 is 0 Å². The van der Waals surface area contributed by atoms with Crippen LogP contribution in [0.3, 0.4) is 0 Å². The molecule has 0 radical (unpaired) electrons. The third kappa shape index (κ3) is 3.30. The Balaban J connectivity index is 2.05. The molecule has 0 aliphatic carbocycles. The minimum atomic E-state index is -0.437. The molecule has 2 N–H and O–H groups in total. The van der Waals surface area contributed by atoms with E-state index >= 15 is 0 Å². The van der Waals surface area contributed by atoms with Crippen LogP contribution in [0.1, 0.15) is 27.6 Å². The van der Waals surface area contributed by atoms with Crippen molar-refractivity contribution in [1.82, 2.24) is 15.5 Å². The molecular weight excluding hydrogens is 338 g/mol. The quantitative estimate of drug-likeness (QED) is 0.766. The Kier molecular flexibility index (Phi) is 4.74. The van der Waals surface area contributed by atoms with Crippen molar-refractivity contribution in [3.8, 4) is 0 Å². The van der Waals surface area contributed by atoms with Gasteiger partial charge in [-0.05, 0) is 32.2 Å². The second-order valence-corrected chi connectivity index (χ2v) is 5.80. The van der Waals surface area contributed by atoms with Crippen LogP contribution in [0.15, 0.2) is 22.7 Å². The molecule has 7 heteroatoms. The number of nitrogens with one attached hydrogen (secondary N) is 2. The highest BCUT2D eigenvalue weighted by Crippen LogP contribution is 2.25. The maximum absolute atomic E-state index is 12.2. The van der Waals surface area contributed by atoms with Gasteiger partial charge in [0.05, 0.1) is 11.1 Å². The zero-order valence-electron chi connectivity index (χ0n) is 11.8. The number of halogens is 1. The first-order valence-corrected chi connectivity index (χ1v) is 7.33. The molecule has 1 aromatic rings. The molecule has 0 bridgehead atoms. The van der Waals surface area contributed by atoms with Gasteiger partial charge in [-0.3, -0.25) is 19.3 Å². The minimum Gasteiger partial charge on any atom is -0.353 e. The molecule has 2 rings (SSSR count). The van der Waals surface area contributed by atoms with Crippen molar-refractivity contribution in [2.75, 3.05) is 20.1 Å². The van der Waals surface area contributed by atoms with Gasteiger partial charge in [-0.25, -0.2) is 0 Å². The molecule has 1 aromatic carbocycles. The highest BCUT2D eigenvalue weighted by Gasteiger charge is 2.36. The Morgan fingerprint density at radius 3 is 2.62 bits per heavy atom. The minimum absolute atomic E-state index is 0.118. The van der Waals surface area contributed by atoms with Crippen LogP contribution in [-0.4, -0.2) is 48.8 Å². The summed E-state index contributed by atoms with van der Waals surface area (Å²) in [7, 11) is 1.79. The van der Waals surface area contributed by atoms with Gasteiger partial charge in [0.2, 0.25) is 5.91 Å². The second kappa shape index (κ2) is 6.36. The third-order valence-electron chi connectivity index (χ3n) is 3.33. The summed E-state index contributed by atoms with van der Waals surface area (Å²) in [5, 5.41) is 5.67. The summed E-state index contributed by atoms with van der Waals surface area (Å²) in [6.45, 7) is 2.09. The molecular formula is C14H16BrN3O3. The lowest BCUT2D eigenvalue weighted by molar-refractivity contribution is -0.121. The Morgan fingerprint density at radius 2 is 1.95 bits per heavy atom. The van der Waals surface area contributed by atoms with Crippen LogP contribution in [0, 0.1) is 0 Å². The topological polar surface area (TPSA) is 78.5 Å². The van der Waals surface area contributed by atoms with Gasteiger partial charge in [0.25, 0.3) is 11.8 Å². The lowest BCUT2D eigenvalue weighted by Crippen LogP contribution is -2.44. The van der Waals surface area contributed by atoms with E-state index in [9.17, 15) is 14.4 Å². The number of nitrogens with zero attached hydrogens (tertiary/aromatic N) is 1. The van der Waals surface area contributed by atoms with Crippen molar-refractivity contribution in [3.63, 3.8) is 0 Å². The first-order chi connectivity index (χ1) is 9.93. The van der Waals surface area contributed by atoms with Crippen LogP contribution in [0.25, 0.3) is 0 Å². The predicted molar refractivity (Wildman–Crippen MR) is 81.0 cm³/mol. The molecule has 1 heterocycles. The van der Waals surface area contributed by atoms with E-state index in [0.29, 0.717) is 17.7 Å². The number of carbonyl (C=O) groups excluding carboxylic acids is 3. The van der Waals surface area contributed by atoms with E-state index in [1.54, 1.807) is 25.2 Å². The number of fused-ring (bicyclic) bond motifs is 1. The Hall–Kier alpha value is -1.73. The first kappa shape index (κ1) is 15.7. The fourth-order valence-electron chi connectivity index (χ4n) is 1.98. The molecule has 21 heavy (non-hydrogen) atoms. The van der Waals surface area contributed by atoms with E-state index in [2.05, 4.69) is 26.6 Å². The molecule has 1 atom stereocenters. The molecule has 0 aromatic heterocycles. The lowest BCUT2D eigenvalue weighted by Gasteiger charge is -2.15. The molecule has 1 aliphatic heterocycles. The molecule has 1 aliphatic rings. The fraction of sp³-hybridized carbons (Fsp3) is 0.357. The van der Waals surface area contributed by atoms with Gasteiger partial charge in [-0.1, -0.05) is 15.9 Å². The maximum atomic E-state index is 12.2. The van der Waals surface area contributed by atoms with Crippen LogP contribution in [0.5, 0.6) is 0 Å². The summed E-state index contributed by atoms with van der Waals surface area (Å²) < 4.78 is 0.719. The fourth-order valence-corrected chi connectivity index (χ4v) is 2.34. The molecule has 6 nitrogen and oxygen atoms in total. The average molecular weight is 354 g/mol. The number of carbonyl (C=O) groups is 3.